The van der Waals surface area contributed by atoms with E-state index in [2.05, 4.69) is 0 Å². The second-order valence-corrected chi connectivity index (χ2v) is 6.85. The van der Waals surface area contributed by atoms with Crippen LogP contribution < -0.4 is 0 Å². The first-order valence-electron chi connectivity index (χ1n) is 7.06. The van der Waals surface area contributed by atoms with Crippen molar-refractivity contribution in [2.45, 2.75) is 36.8 Å². The van der Waals surface area contributed by atoms with Crippen molar-refractivity contribution in [1.29, 1.82) is 0 Å². The fourth-order valence-corrected chi connectivity index (χ4v) is 4.59. The van der Waals surface area contributed by atoms with Crippen molar-refractivity contribution in [2.24, 2.45) is 5.92 Å². The van der Waals surface area contributed by atoms with Gasteiger partial charge in [0.2, 0.25) is 0 Å². The van der Waals surface area contributed by atoms with E-state index in [0.29, 0.717) is 24.8 Å². The maximum absolute atomic E-state index is 12.7. The molecule has 3 rings (SSSR count). The van der Waals surface area contributed by atoms with Crippen LogP contribution in [0.4, 0.5) is 4.79 Å². The number of thioether (sulfide) groups is 1. The summed E-state index contributed by atoms with van der Waals surface area (Å²) in [4.78, 5) is 27.4. The Hall–Kier alpha value is -0.950. The second kappa shape index (κ2) is 5.44. The van der Waals surface area contributed by atoms with Crippen molar-refractivity contribution < 1.29 is 19.4 Å². The molecule has 7 heteroatoms. The van der Waals surface area contributed by atoms with E-state index in [1.54, 1.807) is 28.7 Å². The monoisotopic (exact) mass is 300 g/mol. The van der Waals surface area contributed by atoms with E-state index in [1.807, 2.05) is 0 Å². The molecule has 2 saturated heterocycles. The summed E-state index contributed by atoms with van der Waals surface area (Å²) >= 11 is 1.62. The number of amides is 2. The lowest BCUT2D eigenvalue weighted by atomic mass is 10.2. The van der Waals surface area contributed by atoms with E-state index in [1.165, 1.54) is 0 Å². The summed E-state index contributed by atoms with van der Waals surface area (Å²) in [5.41, 5.74) is 0. The third-order valence-corrected chi connectivity index (χ3v) is 5.78. The van der Waals surface area contributed by atoms with Crippen molar-refractivity contribution in [3.63, 3.8) is 0 Å². The molecule has 0 aromatic carbocycles. The zero-order valence-corrected chi connectivity index (χ0v) is 12.3. The second-order valence-electron chi connectivity index (χ2n) is 5.70. The molecule has 3 atom stereocenters. The average molecular weight is 300 g/mol. The quantitative estimate of drug-likeness (QED) is 0.844. The number of carbonyl (C=O) groups excluding carboxylic acids is 1. The summed E-state index contributed by atoms with van der Waals surface area (Å²) in [7, 11) is 1.65. The summed E-state index contributed by atoms with van der Waals surface area (Å²) in [6.45, 7) is 1.22. The summed E-state index contributed by atoms with van der Waals surface area (Å²) in [6, 6.07) is -0.807. The number of rotatable bonds is 3. The molecule has 6 nitrogen and oxygen atoms in total. The summed E-state index contributed by atoms with van der Waals surface area (Å²) in [5, 5.41) is 9.39. The van der Waals surface area contributed by atoms with Crippen LogP contribution in [0.3, 0.4) is 0 Å². The Kier molecular flexibility index (Phi) is 3.81. The predicted octanol–water partition coefficient (Wildman–Crippen LogP) is 1.07. The number of urea groups is 1. The fourth-order valence-electron chi connectivity index (χ4n) is 2.96. The molecule has 0 bridgehead atoms. The van der Waals surface area contributed by atoms with Crippen molar-refractivity contribution in [2.75, 3.05) is 26.0 Å². The average Bonchev–Trinajstić information content (AvgIpc) is 3.02. The number of aliphatic carboxylic acids is 1. The number of carboxylic acid groups (broad SMARTS) is 1. The molecule has 0 aromatic heterocycles. The number of hydrogen-bond donors (Lipinski definition) is 1. The largest absolute Gasteiger partial charge is 0.480 e. The number of methoxy groups -OCH3 is 1. The molecular formula is C13H20N2O4S. The Morgan fingerprint density at radius 3 is 2.60 bits per heavy atom. The van der Waals surface area contributed by atoms with Crippen LogP contribution in [-0.4, -0.2) is 70.4 Å². The van der Waals surface area contributed by atoms with Crippen LogP contribution in [0, 0.1) is 5.92 Å². The highest BCUT2D eigenvalue weighted by molar-refractivity contribution is 8.00. The standard InChI is InChI=1S/C13H20N2O4S/c1-19-9-4-5-14(6-9)13(18)15-10(12(16)17)7-20-11(15)8-2-3-8/h8-11H,2-7H2,1H3,(H,16,17). The molecule has 112 valence electrons. The fraction of sp³-hybridized carbons (Fsp3) is 0.846. The first-order valence-corrected chi connectivity index (χ1v) is 8.11. The molecular weight excluding hydrogens is 280 g/mol. The van der Waals surface area contributed by atoms with Gasteiger partial charge in [-0.15, -0.1) is 11.8 Å². The third kappa shape index (κ3) is 2.48. The van der Waals surface area contributed by atoms with Gasteiger partial charge in [-0.25, -0.2) is 9.59 Å². The van der Waals surface area contributed by atoms with Gasteiger partial charge in [0.05, 0.1) is 11.5 Å². The summed E-state index contributed by atoms with van der Waals surface area (Å²) in [6.07, 6.45) is 3.12. The Labute approximate surface area is 122 Å². The van der Waals surface area contributed by atoms with Gasteiger partial charge in [0, 0.05) is 26.0 Å². The SMILES string of the molecule is COC1CCN(C(=O)N2C(C(=O)O)CSC2C2CC2)C1. The lowest BCUT2D eigenvalue weighted by Crippen LogP contribution is -2.51. The maximum Gasteiger partial charge on any atom is 0.327 e. The van der Waals surface area contributed by atoms with Gasteiger partial charge in [-0.3, -0.25) is 4.90 Å². The predicted molar refractivity (Wildman–Crippen MR) is 74.6 cm³/mol. The van der Waals surface area contributed by atoms with Crippen LogP contribution in [-0.2, 0) is 9.53 Å². The Morgan fingerprint density at radius 1 is 1.30 bits per heavy atom. The molecule has 1 aliphatic carbocycles. The normalized spacial score (nSPS) is 33.8. The summed E-state index contributed by atoms with van der Waals surface area (Å²) < 4.78 is 5.28. The minimum absolute atomic E-state index is 0.0465. The third-order valence-electron chi connectivity index (χ3n) is 4.31. The number of ether oxygens (including phenoxy) is 1. The molecule has 0 aromatic rings. The van der Waals surface area contributed by atoms with Crippen LogP contribution in [0.2, 0.25) is 0 Å². The van der Waals surface area contributed by atoms with Crippen molar-refractivity contribution in [3.8, 4) is 0 Å². The highest BCUT2D eigenvalue weighted by atomic mass is 32.2. The van der Waals surface area contributed by atoms with Gasteiger partial charge in [-0.05, 0) is 25.2 Å². The van der Waals surface area contributed by atoms with Gasteiger partial charge in [-0.1, -0.05) is 0 Å². The highest BCUT2D eigenvalue weighted by Gasteiger charge is 2.49. The molecule has 2 amide bonds. The van der Waals surface area contributed by atoms with Crippen LogP contribution in [0.5, 0.6) is 0 Å². The van der Waals surface area contributed by atoms with Gasteiger partial charge in [0.1, 0.15) is 6.04 Å². The Morgan fingerprint density at radius 2 is 2.05 bits per heavy atom. The topological polar surface area (TPSA) is 70.1 Å². The van der Waals surface area contributed by atoms with Crippen LogP contribution in [0.25, 0.3) is 0 Å². The van der Waals surface area contributed by atoms with Gasteiger partial charge in [0.25, 0.3) is 0 Å². The molecule has 2 heterocycles. The molecule has 1 saturated carbocycles. The van der Waals surface area contributed by atoms with Gasteiger partial charge >= 0.3 is 12.0 Å². The Balaban J connectivity index is 1.73. The van der Waals surface area contributed by atoms with Crippen LogP contribution in [0.15, 0.2) is 0 Å². The van der Waals surface area contributed by atoms with Crippen LogP contribution >= 0.6 is 11.8 Å². The lowest BCUT2D eigenvalue weighted by Gasteiger charge is -2.31. The lowest BCUT2D eigenvalue weighted by molar-refractivity contribution is -0.141. The first kappa shape index (κ1) is 14.0. The van der Waals surface area contributed by atoms with E-state index in [9.17, 15) is 14.7 Å². The van der Waals surface area contributed by atoms with E-state index >= 15 is 0 Å². The van der Waals surface area contributed by atoms with Crippen molar-refractivity contribution >= 4 is 23.8 Å². The first-order chi connectivity index (χ1) is 9.61. The number of likely N-dealkylation sites (tertiary alicyclic amines) is 1. The van der Waals surface area contributed by atoms with E-state index in [4.69, 9.17) is 4.74 Å². The van der Waals surface area contributed by atoms with Crippen LogP contribution in [0.1, 0.15) is 19.3 Å². The zero-order valence-electron chi connectivity index (χ0n) is 11.5. The smallest absolute Gasteiger partial charge is 0.327 e. The maximum atomic E-state index is 12.7. The molecule has 0 spiro atoms. The van der Waals surface area contributed by atoms with E-state index in [-0.39, 0.29) is 17.5 Å². The van der Waals surface area contributed by atoms with Crippen molar-refractivity contribution in [3.05, 3.63) is 0 Å². The van der Waals surface area contributed by atoms with Gasteiger partial charge < -0.3 is 14.7 Å². The van der Waals surface area contributed by atoms with Gasteiger partial charge in [0.15, 0.2) is 0 Å². The Bertz CT molecular complexity index is 415. The molecule has 3 aliphatic rings. The minimum atomic E-state index is -0.892. The number of hydrogen-bond acceptors (Lipinski definition) is 4. The zero-order chi connectivity index (χ0) is 14.3. The number of carboxylic acids is 1. The van der Waals surface area contributed by atoms with Gasteiger partial charge in [-0.2, -0.15) is 0 Å². The summed E-state index contributed by atoms with van der Waals surface area (Å²) in [5.74, 6) is 0.0923. The molecule has 20 heavy (non-hydrogen) atoms. The molecule has 0 radical (unpaired) electrons. The molecule has 3 fully saturated rings. The van der Waals surface area contributed by atoms with Crippen molar-refractivity contribution in [1.82, 2.24) is 9.80 Å². The van der Waals surface area contributed by atoms with E-state index in [0.717, 1.165) is 19.3 Å². The van der Waals surface area contributed by atoms with E-state index < -0.39 is 12.0 Å². The molecule has 1 N–H and O–H groups in total. The molecule has 3 unspecified atom stereocenters. The number of carbonyl (C=O) groups is 2. The number of nitrogens with zero attached hydrogens (tertiary/aromatic N) is 2. The molecule has 2 aliphatic heterocycles. The minimum Gasteiger partial charge on any atom is -0.480 e. The highest BCUT2D eigenvalue weighted by Crippen LogP contribution is 2.45.